The van der Waals surface area contributed by atoms with E-state index < -0.39 is 12.5 Å². The lowest BCUT2D eigenvalue weighted by Crippen LogP contribution is -2.29. The number of halogens is 1. The van der Waals surface area contributed by atoms with Gasteiger partial charge in [-0.15, -0.1) is 0 Å². The third-order valence-corrected chi connectivity index (χ3v) is 5.63. The van der Waals surface area contributed by atoms with E-state index in [1.165, 1.54) is 11.1 Å². The SMILES string of the molecule is CCNc1c(N(C)C(=O)CO)cnc2[nH]cc(C(=O)c3ccc(Oc4ccccc4)cc3Cl)c12. The Labute approximate surface area is 201 Å². The summed E-state index contributed by atoms with van der Waals surface area (Å²) in [4.78, 5) is 34.3. The monoisotopic (exact) mass is 478 g/mol. The van der Waals surface area contributed by atoms with Crippen molar-refractivity contribution in [3.8, 4) is 11.5 Å². The molecule has 3 N–H and O–H groups in total. The first kappa shape index (κ1) is 23.3. The molecule has 9 heteroatoms. The molecular weight excluding hydrogens is 456 g/mol. The number of carbonyl (C=O) groups excluding carboxylic acids is 2. The van der Waals surface area contributed by atoms with Crippen molar-refractivity contribution in [3.05, 3.63) is 77.1 Å². The Kier molecular flexibility index (Phi) is 6.81. The van der Waals surface area contributed by atoms with Gasteiger partial charge in [0.15, 0.2) is 5.78 Å². The zero-order valence-electron chi connectivity index (χ0n) is 18.6. The van der Waals surface area contributed by atoms with Gasteiger partial charge >= 0.3 is 0 Å². The van der Waals surface area contributed by atoms with Crippen LogP contribution in [0.3, 0.4) is 0 Å². The second-order valence-electron chi connectivity index (χ2n) is 7.47. The minimum atomic E-state index is -0.647. The number of ketones is 1. The largest absolute Gasteiger partial charge is 0.457 e. The third-order valence-electron chi connectivity index (χ3n) is 5.31. The van der Waals surface area contributed by atoms with Crippen LogP contribution in [0, 0.1) is 0 Å². The molecule has 0 saturated heterocycles. The summed E-state index contributed by atoms with van der Waals surface area (Å²) in [5.41, 5.74) is 2.13. The van der Waals surface area contributed by atoms with Crippen molar-refractivity contribution >= 4 is 45.7 Å². The first-order valence-electron chi connectivity index (χ1n) is 10.6. The molecule has 0 spiro atoms. The van der Waals surface area contributed by atoms with Gasteiger partial charge in [-0.3, -0.25) is 9.59 Å². The number of likely N-dealkylation sites (N-methyl/N-ethyl adjacent to an activating group) is 1. The smallest absolute Gasteiger partial charge is 0.252 e. The quantitative estimate of drug-likeness (QED) is 0.319. The minimum absolute atomic E-state index is 0.245. The van der Waals surface area contributed by atoms with Crippen molar-refractivity contribution in [1.29, 1.82) is 0 Å². The zero-order chi connectivity index (χ0) is 24.2. The number of fused-ring (bicyclic) bond motifs is 1. The number of amides is 1. The molecule has 0 aliphatic carbocycles. The van der Waals surface area contributed by atoms with Gasteiger partial charge in [0.1, 0.15) is 23.8 Å². The van der Waals surface area contributed by atoms with E-state index in [1.807, 2.05) is 37.3 Å². The van der Waals surface area contributed by atoms with Crippen LogP contribution >= 0.6 is 11.6 Å². The maximum Gasteiger partial charge on any atom is 0.252 e. The molecule has 4 rings (SSSR count). The maximum absolute atomic E-state index is 13.5. The second kappa shape index (κ2) is 9.94. The number of hydrogen-bond acceptors (Lipinski definition) is 6. The highest BCUT2D eigenvalue weighted by atomic mass is 35.5. The van der Waals surface area contributed by atoms with E-state index in [-0.39, 0.29) is 10.8 Å². The van der Waals surface area contributed by atoms with Crippen LogP contribution in [0.4, 0.5) is 11.4 Å². The Morgan fingerprint density at radius 2 is 1.91 bits per heavy atom. The Bertz CT molecular complexity index is 1350. The molecule has 0 unspecified atom stereocenters. The molecule has 2 aromatic heterocycles. The molecule has 0 fully saturated rings. The highest BCUT2D eigenvalue weighted by Crippen LogP contribution is 2.36. The number of H-pyrrole nitrogens is 1. The fourth-order valence-electron chi connectivity index (χ4n) is 3.63. The van der Waals surface area contributed by atoms with Gasteiger partial charge in [-0.2, -0.15) is 0 Å². The predicted octanol–water partition coefficient (Wildman–Crippen LogP) is 4.63. The van der Waals surface area contributed by atoms with Crippen LogP contribution in [0.25, 0.3) is 11.0 Å². The molecular formula is C25H23ClN4O4. The normalized spacial score (nSPS) is 10.8. The van der Waals surface area contributed by atoms with Crippen LogP contribution in [0.5, 0.6) is 11.5 Å². The van der Waals surface area contributed by atoms with E-state index in [1.54, 1.807) is 31.4 Å². The van der Waals surface area contributed by atoms with Crippen LogP contribution in [0.2, 0.25) is 5.02 Å². The summed E-state index contributed by atoms with van der Waals surface area (Å²) in [5, 5.41) is 13.3. The lowest BCUT2D eigenvalue weighted by atomic mass is 10.0. The van der Waals surface area contributed by atoms with E-state index in [4.69, 9.17) is 16.3 Å². The molecule has 34 heavy (non-hydrogen) atoms. The van der Waals surface area contributed by atoms with Gasteiger partial charge in [-0.25, -0.2) is 4.98 Å². The van der Waals surface area contributed by atoms with Gasteiger partial charge in [-0.1, -0.05) is 29.8 Å². The summed E-state index contributed by atoms with van der Waals surface area (Å²) in [6.07, 6.45) is 3.09. The number of para-hydroxylation sites is 1. The van der Waals surface area contributed by atoms with Crippen LogP contribution in [0.15, 0.2) is 60.9 Å². The number of rotatable bonds is 8. The highest BCUT2D eigenvalue weighted by Gasteiger charge is 2.24. The average Bonchev–Trinajstić information content (AvgIpc) is 3.28. The number of aromatic amines is 1. The molecule has 4 aromatic rings. The molecule has 0 radical (unpaired) electrons. The number of hydrogen-bond donors (Lipinski definition) is 3. The summed E-state index contributed by atoms with van der Waals surface area (Å²) in [5.74, 6) is 0.357. The third kappa shape index (κ3) is 4.46. The Morgan fingerprint density at radius 3 is 2.59 bits per heavy atom. The van der Waals surface area contributed by atoms with E-state index >= 15 is 0 Å². The lowest BCUT2D eigenvalue weighted by Gasteiger charge is -2.21. The number of pyridine rings is 1. The van der Waals surface area contributed by atoms with Crippen molar-refractivity contribution < 1.29 is 19.4 Å². The van der Waals surface area contributed by atoms with E-state index in [9.17, 15) is 14.7 Å². The summed E-state index contributed by atoms with van der Waals surface area (Å²) >= 11 is 6.48. The molecule has 0 atom stereocenters. The van der Waals surface area contributed by atoms with E-state index in [2.05, 4.69) is 15.3 Å². The number of anilines is 2. The van der Waals surface area contributed by atoms with Crippen LogP contribution in [-0.4, -0.2) is 47.0 Å². The highest BCUT2D eigenvalue weighted by molar-refractivity contribution is 6.36. The molecule has 1 amide bonds. The van der Waals surface area contributed by atoms with Crippen molar-refractivity contribution in [2.45, 2.75) is 6.92 Å². The summed E-state index contributed by atoms with van der Waals surface area (Å²) in [6.45, 7) is 1.80. The molecule has 174 valence electrons. The molecule has 0 aliphatic rings. The zero-order valence-corrected chi connectivity index (χ0v) is 19.4. The maximum atomic E-state index is 13.5. The minimum Gasteiger partial charge on any atom is -0.457 e. The van der Waals surface area contributed by atoms with Crippen molar-refractivity contribution in [3.63, 3.8) is 0 Å². The standard InChI is InChI=1S/C25H23ClN4O4/c1-3-27-23-20(30(2)21(32)14-31)13-29-25-22(23)18(12-28-25)24(33)17-10-9-16(11-19(17)26)34-15-7-5-4-6-8-15/h4-13,31H,3,14H2,1-2H3,(H2,27,28,29). The predicted molar refractivity (Wildman–Crippen MR) is 132 cm³/mol. The number of carbonyl (C=O) groups is 2. The molecule has 0 saturated carbocycles. The fourth-order valence-corrected chi connectivity index (χ4v) is 3.88. The van der Waals surface area contributed by atoms with Crippen molar-refractivity contribution in [1.82, 2.24) is 9.97 Å². The van der Waals surface area contributed by atoms with Gasteiger partial charge in [0.2, 0.25) is 0 Å². The molecule has 0 bridgehead atoms. The van der Waals surface area contributed by atoms with Gasteiger partial charge < -0.3 is 25.0 Å². The Hall–Kier alpha value is -3.88. The molecule has 2 heterocycles. The van der Waals surface area contributed by atoms with E-state index in [0.717, 1.165) is 0 Å². The van der Waals surface area contributed by atoms with Crippen LogP contribution < -0.4 is 15.0 Å². The van der Waals surface area contributed by atoms with Crippen LogP contribution in [-0.2, 0) is 4.79 Å². The van der Waals surface area contributed by atoms with Gasteiger partial charge in [0.05, 0.1) is 33.5 Å². The number of aliphatic hydroxyl groups is 1. The summed E-state index contributed by atoms with van der Waals surface area (Å²) in [6, 6.07) is 14.2. The number of aliphatic hydroxyl groups excluding tert-OH is 1. The van der Waals surface area contributed by atoms with E-state index in [0.29, 0.717) is 51.6 Å². The summed E-state index contributed by atoms with van der Waals surface area (Å²) < 4.78 is 5.80. The summed E-state index contributed by atoms with van der Waals surface area (Å²) in [7, 11) is 1.54. The Balaban J connectivity index is 1.74. The molecule has 2 aromatic carbocycles. The number of nitrogens with zero attached hydrogens (tertiary/aromatic N) is 2. The molecule has 0 aliphatic heterocycles. The average molecular weight is 479 g/mol. The number of nitrogens with one attached hydrogen (secondary N) is 2. The Morgan fingerprint density at radius 1 is 1.15 bits per heavy atom. The number of aromatic nitrogens is 2. The van der Waals surface area contributed by atoms with Gasteiger partial charge in [0.25, 0.3) is 5.91 Å². The van der Waals surface area contributed by atoms with Crippen LogP contribution in [0.1, 0.15) is 22.8 Å². The molecule has 8 nitrogen and oxygen atoms in total. The van der Waals surface area contributed by atoms with Gasteiger partial charge in [-0.05, 0) is 31.2 Å². The van der Waals surface area contributed by atoms with Crippen molar-refractivity contribution in [2.24, 2.45) is 0 Å². The first-order valence-corrected chi connectivity index (χ1v) is 11.0. The number of ether oxygens (including phenoxy) is 1. The van der Waals surface area contributed by atoms with Gasteiger partial charge in [0, 0.05) is 31.4 Å². The second-order valence-corrected chi connectivity index (χ2v) is 7.88. The van der Waals surface area contributed by atoms with Crippen molar-refractivity contribution in [2.75, 3.05) is 30.4 Å². The lowest BCUT2D eigenvalue weighted by molar-refractivity contribution is -0.120. The fraction of sp³-hybridized carbons (Fsp3) is 0.160. The number of benzene rings is 2. The first-order chi connectivity index (χ1) is 16.4. The topological polar surface area (TPSA) is 108 Å².